The van der Waals surface area contributed by atoms with Crippen molar-refractivity contribution in [3.8, 4) is 0 Å². The van der Waals surface area contributed by atoms with Gasteiger partial charge in [0.25, 0.3) is 0 Å². The van der Waals surface area contributed by atoms with E-state index in [1.165, 1.54) is 0 Å². The van der Waals surface area contributed by atoms with E-state index in [0.29, 0.717) is 17.7 Å². The van der Waals surface area contributed by atoms with Gasteiger partial charge in [-0.1, -0.05) is 27.7 Å². The standard InChI is InChI=1S/C13H24N4/c1-10(2)7-17(8-11(3)4)9-12-5-16-13(14)6-15-12/h5-6,10-11H,7-9H2,1-4H3,(H2,14,16). The van der Waals surface area contributed by atoms with Crippen molar-refractivity contribution in [2.24, 2.45) is 11.8 Å². The molecular weight excluding hydrogens is 212 g/mol. The molecule has 0 aliphatic rings. The van der Waals surface area contributed by atoms with Gasteiger partial charge in [0.2, 0.25) is 0 Å². The molecule has 0 radical (unpaired) electrons. The van der Waals surface area contributed by atoms with Crippen LogP contribution in [-0.4, -0.2) is 28.0 Å². The van der Waals surface area contributed by atoms with Crippen molar-refractivity contribution >= 4 is 5.82 Å². The monoisotopic (exact) mass is 236 g/mol. The van der Waals surface area contributed by atoms with Crippen LogP contribution < -0.4 is 5.73 Å². The van der Waals surface area contributed by atoms with Gasteiger partial charge in [-0.05, 0) is 11.8 Å². The summed E-state index contributed by atoms with van der Waals surface area (Å²) >= 11 is 0. The van der Waals surface area contributed by atoms with Gasteiger partial charge in [0.15, 0.2) is 0 Å². The highest BCUT2D eigenvalue weighted by atomic mass is 15.1. The molecule has 1 rings (SSSR count). The first-order valence-electron chi connectivity index (χ1n) is 6.26. The Morgan fingerprint density at radius 3 is 2.06 bits per heavy atom. The first-order valence-corrected chi connectivity index (χ1v) is 6.26. The van der Waals surface area contributed by atoms with Crippen LogP contribution in [0.4, 0.5) is 5.82 Å². The molecule has 0 fully saturated rings. The van der Waals surface area contributed by atoms with Crippen molar-refractivity contribution in [3.63, 3.8) is 0 Å². The smallest absolute Gasteiger partial charge is 0.141 e. The highest BCUT2D eigenvalue weighted by molar-refractivity contribution is 5.22. The number of nitrogens with zero attached hydrogens (tertiary/aromatic N) is 3. The van der Waals surface area contributed by atoms with Crippen LogP contribution in [0.2, 0.25) is 0 Å². The molecule has 2 N–H and O–H groups in total. The zero-order chi connectivity index (χ0) is 12.8. The molecule has 1 heterocycles. The molecule has 0 aliphatic carbocycles. The van der Waals surface area contributed by atoms with E-state index < -0.39 is 0 Å². The topological polar surface area (TPSA) is 55.0 Å². The molecule has 0 aromatic carbocycles. The lowest BCUT2D eigenvalue weighted by Gasteiger charge is -2.25. The van der Waals surface area contributed by atoms with Crippen LogP contribution in [0, 0.1) is 11.8 Å². The fourth-order valence-electron chi connectivity index (χ4n) is 1.91. The minimum Gasteiger partial charge on any atom is -0.382 e. The van der Waals surface area contributed by atoms with E-state index in [2.05, 4.69) is 42.6 Å². The van der Waals surface area contributed by atoms with Gasteiger partial charge in [-0.25, -0.2) is 4.98 Å². The third-order valence-electron chi connectivity index (χ3n) is 2.36. The first kappa shape index (κ1) is 13.9. The van der Waals surface area contributed by atoms with Crippen LogP contribution in [0.1, 0.15) is 33.4 Å². The number of hydrogen-bond donors (Lipinski definition) is 1. The van der Waals surface area contributed by atoms with E-state index in [1.54, 1.807) is 12.4 Å². The minimum absolute atomic E-state index is 0.480. The van der Waals surface area contributed by atoms with Crippen molar-refractivity contribution in [3.05, 3.63) is 18.1 Å². The fourth-order valence-corrected chi connectivity index (χ4v) is 1.91. The van der Waals surface area contributed by atoms with Gasteiger partial charge in [-0.2, -0.15) is 0 Å². The molecule has 96 valence electrons. The molecule has 0 atom stereocenters. The molecule has 1 aromatic rings. The largest absolute Gasteiger partial charge is 0.382 e. The summed E-state index contributed by atoms with van der Waals surface area (Å²) in [5.41, 5.74) is 6.52. The Hall–Kier alpha value is -1.16. The second-order valence-electron chi connectivity index (χ2n) is 5.41. The van der Waals surface area contributed by atoms with E-state index >= 15 is 0 Å². The van der Waals surface area contributed by atoms with Gasteiger partial charge in [-0.3, -0.25) is 9.88 Å². The van der Waals surface area contributed by atoms with E-state index in [4.69, 9.17) is 5.73 Å². The summed E-state index contributed by atoms with van der Waals surface area (Å²) in [5, 5.41) is 0. The van der Waals surface area contributed by atoms with E-state index in [0.717, 1.165) is 25.3 Å². The maximum atomic E-state index is 5.53. The summed E-state index contributed by atoms with van der Waals surface area (Å²) in [6.07, 6.45) is 3.39. The summed E-state index contributed by atoms with van der Waals surface area (Å²) in [6.45, 7) is 12.0. The lowest BCUT2D eigenvalue weighted by atomic mass is 10.1. The molecule has 4 heteroatoms. The molecule has 0 saturated heterocycles. The zero-order valence-corrected chi connectivity index (χ0v) is 11.3. The second kappa shape index (κ2) is 6.55. The van der Waals surface area contributed by atoms with Crippen molar-refractivity contribution in [1.82, 2.24) is 14.9 Å². The first-order chi connectivity index (χ1) is 7.97. The molecule has 0 unspecified atom stereocenters. The maximum Gasteiger partial charge on any atom is 0.141 e. The van der Waals surface area contributed by atoms with Gasteiger partial charge in [0, 0.05) is 19.6 Å². The van der Waals surface area contributed by atoms with E-state index in [-0.39, 0.29) is 0 Å². The predicted molar refractivity (Wildman–Crippen MR) is 71.4 cm³/mol. The van der Waals surface area contributed by atoms with E-state index in [1.807, 2.05) is 0 Å². The number of rotatable bonds is 6. The van der Waals surface area contributed by atoms with Crippen molar-refractivity contribution in [1.29, 1.82) is 0 Å². The van der Waals surface area contributed by atoms with Crippen LogP contribution >= 0.6 is 0 Å². The van der Waals surface area contributed by atoms with Crippen molar-refractivity contribution in [2.45, 2.75) is 34.2 Å². The number of hydrogen-bond acceptors (Lipinski definition) is 4. The van der Waals surface area contributed by atoms with Crippen molar-refractivity contribution < 1.29 is 0 Å². The number of aromatic nitrogens is 2. The molecule has 17 heavy (non-hydrogen) atoms. The number of nitrogens with two attached hydrogens (primary N) is 1. The van der Waals surface area contributed by atoms with Gasteiger partial charge in [0.1, 0.15) is 5.82 Å². The normalized spacial score (nSPS) is 11.7. The molecule has 0 aliphatic heterocycles. The Balaban J connectivity index is 2.61. The fraction of sp³-hybridized carbons (Fsp3) is 0.692. The molecular formula is C13H24N4. The quantitative estimate of drug-likeness (QED) is 0.822. The molecule has 0 amide bonds. The summed E-state index contributed by atoms with van der Waals surface area (Å²) in [5.74, 6) is 1.80. The molecule has 0 saturated carbocycles. The minimum atomic E-state index is 0.480. The zero-order valence-electron chi connectivity index (χ0n) is 11.3. The SMILES string of the molecule is CC(C)CN(Cc1cnc(N)cn1)CC(C)C. The Kier molecular flexibility index (Phi) is 5.35. The summed E-state index contributed by atoms with van der Waals surface area (Å²) in [4.78, 5) is 10.8. The average molecular weight is 236 g/mol. The third-order valence-corrected chi connectivity index (χ3v) is 2.36. The lowest BCUT2D eigenvalue weighted by molar-refractivity contribution is 0.209. The van der Waals surface area contributed by atoms with Crippen molar-refractivity contribution in [2.75, 3.05) is 18.8 Å². The molecule has 4 nitrogen and oxygen atoms in total. The third kappa shape index (κ3) is 5.63. The van der Waals surface area contributed by atoms with Gasteiger partial charge >= 0.3 is 0 Å². The maximum absolute atomic E-state index is 5.53. The van der Waals surface area contributed by atoms with Crippen LogP contribution in [0.25, 0.3) is 0 Å². The Bertz CT molecular complexity index is 309. The van der Waals surface area contributed by atoms with Crippen LogP contribution in [0.3, 0.4) is 0 Å². The Labute approximate surface area is 104 Å². The predicted octanol–water partition coefficient (Wildman–Crippen LogP) is 2.17. The molecule has 1 aromatic heterocycles. The van der Waals surface area contributed by atoms with Gasteiger partial charge in [-0.15, -0.1) is 0 Å². The average Bonchev–Trinajstić information content (AvgIpc) is 2.19. The summed E-state index contributed by atoms with van der Waals surface area (Å²) in [6, 6.07) is 0. The molecule has 0 bridgehead atoms. The molecule has 0 spiro atoms. The number of nitrogen functional groups attached to an aromatic ring is 1. The van der Waals surface area contributed by atoms with Gasteiger partial charge in [0.05, 0.1) is 18.1 Å². The number of anilines is 1. The lowest BCUT2D eigenvalue weighted by Crippen LogP contribution is -2.31. The Morgan fingerprint density at radius 1 is 1.06 bits per heavy atom. The summed E-state index contributed by atoms with van der Waals surface area (Å²) in [7, 11) is 0. The van der Waals surface area contributed by atoms with Crippen LogP contribution in [-0.2, 0) is 6.54 Å². The highest BCUT2D eigenvalue weighted by Crippen LogP contribution is 2.08. The van der Waals surface area contributed by atoms with Crippen LogP contribution in [0.15, 0.2) is 12.4 Å². The Morgan fingerprint density at radius 2 is 1.65 bits per heavy atom. The van der Waals surface area contributed by atoms with Gasteiger partial charge < -0.3 is 5.73 Å². The summed E-state index contributed by atoms with van der Waals surface area (Å²) < 4.78 is 0. The highest BCUT2D eigenvalue weighted by Gasteiger charge is 2.10. The van der Waals surface area contributed by atoms with E-state index in [9.17, 15) is 0 Å². The second-order valence-corrected chi connectivity index (χ2v) is 5.41. The van der Waals surface area contributed by atoms with Crippen LogP contribution in [0.5, 0.6) is 0 Å².